The Morgan fingerprint density at radius 2 is 1.76 bits per heavy atom. The van der Waals surface area contributed by atoms with Crippen molar-refractivity contribution in [2.45, 2.75) is 13.8 Å². The quantitative estimate of drug-likeness (QED) is 0.783. The van der Waals surface area contributed by atoms with Gasteiger partial charge in [0.15, 0.2) is 18.1 Å². The van der Waals surface area contributed by atoms with Gasteiger partial charge in [-0.15, -0.1) is 0 Å². The zero-order valence-electron chi connectivity index (χ0n) is 14.3. The van der Waals surface area contributed by atoms with E-state index in [0.717, 1.165) is 16.9 Å². The first kappa shape index (κ1) is 17.0. The number of hydrogen-bond donors (Lipinski definition) is 1. The molecule has 0 spiro atoms. The van der Waals surface area contributed by atoms with Gasteiger partial charge in [0.2, 0.25) is 6.79 Å². The number of carbonyl (C=O) groups is 1. The van der Waals surface area contributed by atoms with Gasteiger partial charge in [-0.25, -0.2) is 0 Å². The summed E-state index contributed by atoms with van der Waals surface area (Å²) in [5.41, 5.74) is 2.30. The molecule has 0 atom stereocenters. The van der Waals surface area contributed by atoms with E-state index in [-0.39, 0.29) is 19.3 Å². The molecule has 2 aromatic rings. The van der Waals surface area contributed by atoms with Crippen molar-refractivity contribution in [1.82, 2.24) is 5.32 Å². The maximum absolute atomic E-state index is 11.8. The van der Waals surface area contributed by atoms with Crippen LogP contribution in [0.15, 0.2) is 36.4 Å². The zero-order chi connectivity index (χ0) is 17.6. The Morgan fingerprint density at radius 3 is 2.56 bits per heavy atom. The van der Waals surface area contributed by atoms with Gasteiger partial charge in [0, 0.05) is 6.07 Å². The second-order valence-corrected chi connectivity index (χ2v) is 5.83. The summed E-state index contributed by atoms with van der Waals surface area (Å²) in [6, 6.07) is 11.2. The highest BCUT2D eigenvalue weighted by atomic mass is 16.7. The molecule has 132 valence electrons. The average molecular weight is 343 g/mol. The van der Waals surface area contributed by atoms with Crippen LogP contribution < -0.4 is 24.3 Å². The number of aryl methyl sites for hydroxylation is 2. The molecule has 0 saturated heterocycles. The molecular formula is C19H21NO5. The highest BCUT2D eigenvalue weighted by Gasteiger charge is 2.14. The van der Waals surface area contributed by atoms with Crippen molar-refractivity contribution in [3.63, 3.8) is 0 Å². The normalized spacial score (nSPS) is 11.9. The topological polar surface area (TPSA) is 66.0 Å². The number of nitrogens with one attached hydrogen (secondary N) is 1. The molecule has 3 rings (SSSR count). The molecule has 0 radical (unpaired) electrons. The van der Waals surface area contributed by atoms with Crippen LogP contribution in [0.25, 0.3) is 0 Å². The first-order valence-corrected chi connectivity index (χ1v) is 8.10. The van der Waals surface area contributed by atoms with Crippen molar-refractivity contribution in [1.29, 1.82) is 0 Å². The minimum Gasteiger partial charge on any atom is -0.492 e. The molecule has 1 amide bonds. The van der Waals surface area contributed by atoms with E-state index in [0.29, 0.717) is 30.4 Å². The molecule has 1 heterocycles. The summed E-state index contributed by atoms with van der Waals surface area (Å²) in [7, 11) is 0. The minimum atomic E-state index is -0.207. The van der Waals surface area contributed by atoms with Gasteiger partial charge in [0.25, 0.3) is 5.91 Å². The minimum absolute atomic E-state index is 0.0663. The largest absolute Gasteiger partial charge is 0.492 e. The smallest absolute Gasteiger partial charge is 0.258 e. The van der Waals surface area contributed by atoms with Gasteiger partial charge in [-0.3, -0.25) is 4.79 Å². The molecule has 1 aliphatic heterocycles. The molecule has 1 aliphatic rings. The van der Waals surface area contributed by atoms with Gasteiger partial charge in [-0.1, -0.05) is 6.07 Å². The summed E-state index contributed by atoms with van der Waals surface area (Å²) in [5, 5.41) is 2.76. The Morgan fingerprint density at radius 1 is 1.00 bits per heavy atom. The number of carbonyl (C=O) groups excluding carboxylic acids is 1. The number of benzene rings is 2. The van der Waals surface area contributed by atoms with Gasteiger partial charge >= 0.3 is 0 Å². The molecule has 0 aliphatic carbocycles. The van der Waals surface area contributed by atoms with Gasteiger partial charge in [-0.2, -0.15) is 0 Å². The monoisotopic (exact) mass is 343 g/mol. The van der Waals surface area contributed by atoms with Gasteiger partial charge in [-0.05, 0) is 49.2 Å². The maximum atomic E-state index is 11.8. The molecular weight excluding hydrogens is 322 g/mol. The highest BCUT2D eigenvalue weighted by molar-refractivity contribution is 5.77. The molecule has 0 saturated carbocycles. The molecule has 6 heteroatoms. The summed E-state index contributed by atoms with van der Waals surface area (Å²) in [6.45, 7) is 5.00. The fourth-order valence-corrected chi connectivity index (χ4v) is 2.54. The number of ether oxygens (including phenoxy) is 4. The summed E-state index contributed by atoms with van der Waals surface area (Å²) in [6.07, 6.45) is 0. The molecule has 25 heavy (non-hydrogen) atoms. The van der Waals surface area contributed by atoms with Crippen molar-refractivity contribution in [2.24, 2.45) is 0 Å². The van der Waals surface area contributed by atoms with E-state index in [1.807, 2.05) is 26.0 Å². The first-order valence-electron chi connectivity index (χ1n) is 8.10. The van der Waals surface area contributed by atoms with Crippen LogP contribution in [0.2, 0.25) is 0 Å². The lowest BCUT2D eigenvalue weighted by atomic mass is 10.1. The molecule has 1 N–H and O–H groups in total. The Bertz CT molecular complexity index is 739. The van der Waals surface area contributed by atoms with Gasteiger partial charge < -0.3 is 24.3 Å². The van der Waals surface area contributed by atoms with Crippen LogP contribution in [-0.4, -0.2) is 32.5 Å². The lowest BCUT2D eigenvalue weighted by Gasteiger charge is -2.10. The fraction of sp³-hybridized carbons (Fsp3) is 0.316. The fourth-order valence-electron chi connectivity index (χ4n) is 2.54. The second-order valence-electron chi connectivity index (χ2n) is 5.83. The molecule has 2 aromatic carbocycles. The van der Waals surface area contributed by atoms with E-state index in [1.165, 1.54) is 0 Å². The number of hydrogen-bond acceptors (Lipinski definition) is 5. The summed E-state index contributed by atoms with van der Waals surface area (Å²) >= 11 is 0. The predicted molar refractivity (Wildman–Crippen MR) is 92.5 cm³/mol. The summed E-state index contributed by atoms with van der Waals surface area (Å²) in [5.74, 6) is 2.47. The third-order valence-electron chi connectivity index (χ3n) is 3.60. The van der Waals surface area contributed by atoms with E-state index in [9.17, 15) is 4.79 Å². The maximum Gasteiger partial charge on any atom is 0.258 e. The van der Waals surface area contributed by atoms with Crippen LogP contribution in [0.5, 0.6) is 23.0 Å². The number of fused-ring (bicyclic) bond motifs is 1. The van der Waals surface area contributed by atoms with E-state index in [4.69, 9.17) is 18.9 Å². The molecule has 0 fully saturated rings. The van der Waals surface area contributed by atoms with Gasteiger partial charge in [0.1, 0.15) is 18.1 Å². The van der Waals surface area contributed by atoms with Crippen LogP contribution in [0.4, 0.5) is 0 Å². The second kappa shape index (κ2) is 7.79. The van der Waals surface area contributed by atoms with Crippen LogP contribution >= 0.6 is 0 Å². The van der Waals surface area contributed by atoms with Crippen molar-refractivity contribution in [3.05, 3.63) is 47.5 Å². The van der Waals surface area contributed by atoms with Gasteiger partial charge in [0.05, 0.1) is 6.54 Å². The van der Waals surface area contributed by atoms with E-state index in [2.05, 4.69) is 11.4 Å². The van der Waals surface area contributed by atoms with Crippen molar-refractivity contribution < 1.29 is 23.7 Å². The third kappa shape index (κ3) is 4.79. The van der Waals surface area contributed by atoms with Crippen LogP contribution in [0.3, 0.4) is 0 Å². The zero-order valence-corrected chi connectivity index (χ0v) is 14.3. The lowest BCUT2D eigenvalue weighted by molar-refractivity contribution is -0.123. The third-order valence-corrected chi connectivity index (χ3v) is 3.60. The van der Waals surface area contributed by atoms with Crippen LogP contribution in [0.1, 0.15) is 11.1 Å². The van der Waals surface area contributed by atoms with Crippen molar-refractivity contribution in [2.75, 3.05) is 26.6 Å². The lowest BCUT2D eigenvalue weighted by Crippen LogP contribution is -2.32. The molecule has 0 aromatic heterocycles. The van der Waals surface area contributed by atoms with E-state index in [1.54, 1.807) is 18.2 Å². The van der Waals surface area contributed by atoms with Crippen molar-refractivity contribution in [3.8, 4) is 23.0 Å². The highest BCUT2D eigenvalue weighted by Crippen LogP contribution is 2.34. The molecule has 0 bridgehead atoms. The van der Waals surface area contributed by atoms with E-state index < -0.39 is 0 Å². The Labute approximate surface area is 146 Å². The van der Waals surface area contributed by atoms with E-state index >= 15 is 0 Å². The Balaban J connectivity index is 1.37. The predicted octanol–water partition coefficient (Wildman–Crippen LogP) is 2.61. The van der Waals surface area contributed by atoms with Crippen LogP contribution in [0, 0.1) is 13.8 Å². The SMILES string of the molecule is Cc1cc(C)cc(OCCNC(=O)COc2ccc3c(c2)OCO3)c1. The number of amides is 1. The Hall–Kier alpha value is -2.89. The Kier molecular flexibility index (Phi) is 5.28. The standard InChI is InChI=1S/C19H21NO5/c1-13-7-14(2)9-16(8-13)22-6-5-20-19(21)11-23-15-3-4-17-18(10-15)25-12-24-17/h3-4,7-10H,5-6,11-12H2,1-2H3,(H,20,21). The average Bonchev–Trinajstić information content (AvgIpc) is 3.04. The van der Waals surface area contributed by atoms with Crippen molar-refractivity contribution >= 4 is 5.91 Å². The van der Waals surface area contributed by atoms with Crippen LogP contribution in [-0.2, 0) is 4.79 Å². The number of rotatable bonds is 7. The molecule has 0 unspecified atom stereocenters. The first-order chi connectivity index (χ1) is 12.1. The summed E-state index contributed by atoms with van der Waals surface area (Å²) < 4.78 is 21.6. The molecule has 6 nitrogen and oxygen atoms in total. The summed E-state index contributed by atoms with van der Waals surface area (Å²) in [4.78, 5) is 11.8.